The van der Waals surface area contributed by atoms with Gasteiger partial charge in [0.2, 0.25) is 0 Å². The molecular formula is C17H18ClFN6S. The first-order valence-corrected chi connectivity index (χ1v) is 9.76. The highest BCUT2D eigenvalue weighted by atomic mass is 35.5. The Labute approximate surface area is 159 Å². The maximum absolute atomic E-state index is 14.2. The van der Waals surface area contributed by atoms with Gasteiger partial charge in [-0.1, -0.05) is 30.5 Å². The number of rotatable bonds is 5. The number of halogens is 2. The molecule has 4 rings (SSSR count). The Morgan fingerprint density at radius 2 is 2.31 bits per heavy atom. The van der Waals surface area contributed by atoms with Crippen molar-refractivity contribution >= 4 is 40.4 Å². The standard InChI is InChI=1S/C17H18ClFN6S/c1-2-26-25-4-3-11(9-25)23-17-14(19)8-22-16(24-17)13-7-21-15-12(13)5-10(18)6-20-15/h5-8,11H,2-4,9H2,1H3,(H,20,21)(H,22,23,24). The van der Waals surface area contributed by atoms with Gasteiger partial charge in [0.05, 0.1) is 11.2 Å². The van der Waals surface area contributed by atoms with E-state index < -0.39 is 5.82 Å². The first-order chi connectivity index (χ1) is 12.6. The van der Waals surface area contributed by atoms with Gasteiger partial charge >= 0.3 is 0 Å². The third kappa shape index (κ3) is 3.49. The molecule has 6 nitrogen and oxygen atoms in total. The Kier molecular flexibility index (Phi) is 4.97. The van der Waals surface area contributed by atoms with E-state index in [0.717, 1.165) is 36.2 Å². The summed E-state index contributed by atoms with van der Waals surface area (Å²) in [6.07, 6.45) is 5.50. The highest BCUT2D eigenvalue weighted by molar-refractivity contribution is 7.96. The van der Waals surface area contributed by atoms with Gasteiger partial charge in [-0.05, 0) is 12.5 Å². The number of aromatic amines is 1. The first-order valence-electron chi connectivity index (χ1n) is 8.44. The van der Waals surface area contributed by atoms with E-state index in [4.69, 9.17) is 11.6 Å². The number of nitrogens with zero attached hydrogens (tertiary/aromatic N) is 4. The van der Waals surface area contributed by atoms with Crippen molar-refractivity contribution in [2.45, 2.75) is 19.4 Å². The van der Waals surface area contributed by atoms with Crippen LogP contribution in [-0.2, 0) is 0 Å². The predicted molar refractivity (Wildman–Crippen MR) is 104 cm³/mol. The zero-order valence-corrected chi connectivity index (χ0v) is 15.7. The van der Waals surface area contributed by atoms with E-state index in [1.165, 1.54) is 6.20 Å². The summed E-state index contributed by atoms with van der Waals surface area (Å²) in [5, 5.41) is 4.56. The fourth-order valence-electron chi connectivity index (χ4n) is 3.10. The predicted octanol–water partition coefficient (Wildman–Crippen LogP) is 3.97. The molecule has 1 unspecified atom stereocenters. The molecule has 0 amide bonds. The van der Waals surface area contributed by atoms with Crippen LogP contribution in [0.25, 0.3) is 22.4 Å². The van der Waals surface area contributed by atoms with Crippen LogP contribution in [0.4, 0.5) is 10.2 Å². The highest BCUT2D eigenvalue weighted by Gasteiger charge is 2.24. The SMILES string of the molecule is CCSN1CCC(Nc2nc(-c3c[nH]c4ncc(Cl)cc34)ncc2F)C1. The second-order valence-corrected chi connectivity index (χ2v) is 7.87. The lowest BCUT2D eigenvalue weighted by Crippen LogP contribution is -2.24. The van der Waals surface area contributed by atoms with Crippen LogP contribution in [0, 0.1) is 5.82 Å². The molecule has 3 aromatic heterocycles. The third-order valence-electron chi connectivity index (χ3n) is 4.29. The van der Waals surface area contributed by atoms with Gasteiger partial charge in [-0.3, -0.25) is 0 Å². The summed E-state index contributed by atoms with van der Waals surface area (Å²) in [5.74, 6) is 1.25. The number of H-pyrrole nitrogens is 1. The van der Waals surface area contributed by atoms with Crippen molar-refractivity contribution in [1.82, 2.24) is 24.2 Å². The van der Waals surface area contributed by atoms with Gasteiger partial charge in [0.15, 0.2) is 17.5 Å². The maximum Gasteiger partial charge on any atom is 0.183 e. The zero-order chi connectivity index (χ0) is 18.1. The lowest BCUT2D eigenvalue weighted by atomic mass is 10.2. The van der Waals surface area contributed by atoms with Crippen LogP contribution < -0.4 is 5.32 Å². The Balaban J connectivity index is 1.61. The summed E-state index contributed by atoms with van der Waals surface area (Å²) >= 11 is 7.85. The smallest absolute Gasteiger partial charge is 0.183 e. The maximum atomic E-state index is 14.2. The van der Waals surface area contributed by atoms with Crippen molar-refractivity contribution in [1.29, 1.82) is 0 Å². The van der Waals surface area contributed by atoms with Crippen LogP contribution in [0.15, 0.2) is 24.7 Å². The van der Waals surface area contributed by atoms with Crippen molar-refractivity contribution in [2.75, 3.05) is 24.2 Å². The number of fused-ring (bicyclic) bond motifs is 1. The van der Waals surface area contributed by atoms with Gasteiger partial charge in [-0.2, -0.15) is 0 Å². The second-order valence-electron chi connectivity index (χ2n) is 6.08. The fourth-order valence-corrected chi connectivity index (χ4v) is 4.14. The average Bonchev–Trinajstić information content (AvgIpc) is 3.24. The number of anilines is 1. The molecule has 26 heavy (non-hydrogen) atoms. The molecular weight excluding hydrogens is 375 g/mol. The van der Waals surface area contributed by atoms with Crippen molar-refractivity contribution in [3.05, 3.63) is 35.5 Å². The summed E-state index contributed by atoms with van der Waals surface area (Å²) in [6, 6.07) is 1.97. The minimum absolute atomic E-state index is 0.172. The lowest BCUT2D eigenvalue weighted by Gasteiger charge is -2.16. The number of hydrogen-bond acceptors (Lipinski definition) is 6. The van der Waals surface area contributed by atoms with Gasteiger partial charge in [0.1, 0.15) is 5.65 Å². The van der Waals surface area contributed by atoms with Crippen LogP contribution >= 0.6 is 23.5 Å². The van der Waals surface area contributed by atoms with Crippen LogP contribution in [0.3, 0.4) is 0 Å². The molecule has 1 aliphatic rings. The minimum atomic E-state index is -0.452. The average molecular weight is 393 g/mol. The quantitative estimate of drug-likeness (QED) is 0.640. The molecule has 0 radical (unpaired) electrons. The van der Waals surface area contributed by atoms with Crippen LogP contribution in [0.2, 0.25) is 5.02 Å². The van der Waals surface area contributed by atoms with Gasteiger partial charge in [-0.15, -0.1) is 0 Å². The fraction of sp³-hybridized carbons (Fsp3) is 0.353. The van der Waals surface area contributed by atoms with Crippen molar-refractivity contribution < 1.29 is 4.39 Å². The summed E-state index contributed by atoms with van der Waals surface area (Å²) in [7, 11) is 0. The summed E-state index contributed by atoms with van der Waals surface area (Å²) in [6.45, 7) is 3.98. The van der Waals surface area contributed by atoms with E-state index in [1.54, 1.807) is 30.4 Å². The molecule has 2 N–H and O–H groups in total. The van der Waals surface area contributed by atoms with Crippen molar-refractivity contribution in [3.63, 3.8) is 0 Å². The summed E-state index contributed by atoms with van der Waals surface area (Å²) in [5.41, 5.74) is 1.43. The van der Waals surface area contributed by atoms with Crippen molar-refractivity contribution in [2.24, 2.45) is 0 Å². The highest BCUT2D eigenvalue weighted by Crippen LogP contribution is 2.29. The lowest BCUT2D eigenvalue weighted by molar-refractivity contribution is 0.576. The Morgan fingerprint density at radius 3 is 3.15 bits per heavy atom. The normalized spacial score (nSPS) is 17.9. The molecule has 1 saturated heterocycles. The van der Waals surface area contributed by atoms with Crippen LogP contribution in [0.1, 0.15) is 13.3 Å². The number of aromatic nitrogens is 4. The molecule has 0 bridgehead atoms. The molecule has 1 fully saturated rings. The van der Waals surface area contributed by atoms with Crippen LogP contribution in [0.5, 0.6) is 0 Å². The zero-order valence-electron chi connectivity index (χ0n) is 14.2. The van der Waals surface area contributed by atoms with E-state index in [9.17, 15) is 4.39 Å². The van der Waals surface area contributed by atoms with E-state index in [1.807, 2.05) is 0 Å². The number of pyridine rings is 1. The van der Waals surface area contributed by atoms with E-state index in [0.29, 0.717) is 16.5 Å². The van der Waals surface area contributed by atoms with Gasteiger partial charge in [0.25, 0.3) is 0 Å². The number of nitrogens with one attached hydrogen (secondary N) is 2. The Bertz CT molecular complexity index is 933. The summed E-state index contributed by atoms with van der Waals surface area (Å²) in [4.78, 5) is 15.9. The number of hydrogen-bond donors (Lipinski definition) is 2. The molecule has 0 aromatic carbocycles. The second kappa shape index (κ2) is 7.38. The molecule has 0 saturated carbocycles. The monoisotopic (exact) mass is 392 g/mol. The van der Waals surface area contributed by atoms with Gasteiger partial charge in [-0.25, -0.2) is 23.6 Å². The Morgan fingerprint density at radius 1 is 1.42 bits per heavy atom. The molecule has 9 heteroatoms. The van der Waals surface area contributed by atoms with Gasteiger partial charge in [0, 0.05) is 48.2 Å². The van der Waals surface area contributed by atoms with Gasteiger partial charge < -0.3 is 10.3 Å². The molecule has 1 aliphatic heterocycles. The van der Waals surface area contributed by atoms with E-state index >= 15 is 0 Å². The van der Waals surface area contributed by atoms with Crippen LogP contribution in [-0.4, -0.2) is 49.1 Å². The third-order valence-corrected chi connectivity index (χ3v) is 5.45. The largest absolute Gasteiger partial charge is 0.363 e. The molecule has 3 aromatic rings. The van der Waals surface area contributed by atoms with E-state index in [2.05, 4.69) is 36.5 Å². The van der Waals surface area contributed by atoms with Crippen molar-refractivity contribution in [3.8, 4) is 11.4 Å². The van der Waals surface area contributed by atoms with E-state index in [-0.39, 0.29) is 11.9 Å². The first kappa shape index (κ1) is 17.5. The Hall–Kier alpha value is -1.90. The molecule has 4 heterocycles. The summed E-state index contributed by atoms with van der Waals surface area (Å²) < 4.78 is 16.5. The minimum Gasteiger partial charge on any atom is -0.363 e. The topological polar surface area (TPSA) is 69.7 Å². The molecule has 0 aliphatic carbocycles. The molecule has 1 atom stereocenters. The molecule has 0 spiro atoms. The molecule has 136 valence electrons.